The zero-order valence-electron chi connectivity index (χ0n) is 17.8. The van der Waals surface area contributed by atoms with Crippen LogP contribution in [0.1, 0.15) is 23.1 Å². The van der Waals surface area contributed by atoms with E-state index in [2.05, 4.69) is 14.8 Å². The molecule has 0 aromatic heterocycles. The lowest BCUT2D eigenvalue weighted by atomic mass is 10.00. The minimum Gasteiger partial charge on any atom is -0.314 e. The van der Waals surface area contributed by atoms with Crippen molar-refractivity contribution in [1.82, 2.24) is 14.7 Å². The fourth-order valence-corrected chi connectivity index (χ4v) is 4.58. The van der Waals surface area contributed by atoms with E-state index in [1.165, 1.54) is 24.3 Å². The predicted molar refractivity (Wildman–Crippen MR) is 114 cm³/mol. The average molecular weight is 458 g/mol. The van der Waals surface area contributed by atoms with Crippen molar-refractivity contribution in [3.05, 3.63) is 82.3 Å². The number of carbonyl (C=O) groups excluding carboxylic acids is 1. The van der Waals surface area contributed by atoms with Gasteiger partial charge in [-0.1, -0.05) is 24.3 Å². The first kappa shape index (κ1) is 21.6. The van der Waals surface area contributed by atoms with Crippen LogP contribution in [0.5, 0.6) is 0 Å². The molecule has 0 atom stereocenters. The van der Waals surface area contributed by atoms with Gasteiger partial charge in [-0.2, -0.15) is 13.2 Å². The van der Waals surface area contributed by atoms with Crippen LogP contribution in [0.15, 0.2) is 64.8 Å². The van der Waals surface area contributed by atoms with Crippen molar-refractivity contribution in [3.63, 3.8) is 0 Å². The van der Waals surface area contributed by atoms with E-state index in [0.29, 0.717) is 49.7 Å². The van der Waals surface area contributed by atoms with Gasteiger partial charge in [-0.25, -0.2) is 4.39 Å². The van der Waals surface area contributed by atoms with E-state index in [-0.39, 0.29) is 18.3 Å². The molecular weight excluding hydrogens is 436 g/mol. The second-order valence-electron chi connectivity index (χ2n) is 8.43. The Morgan fingerprint density at radius 1 is 0.909 bits per heavy atom. The summed E-state index contributed by atoms with van der Waals surface area (Å²) in [5.74, 6) is 0.126. The molecule has 0 aliphatic carbocycles. The Morgan fingerprint density at radius 2 is 1.58 bits per heavy atom. The van der Waals surface area contributed by atoms with Gasteiger partial charge in [-0.15, -0.1) is 0 Å². The second kappa shape index (κ2) is 8.30. The first-order valence-electron chi connectivity index (χ1n) is 10.8. The van der Waals surface area contributed by atoms with Crippen LogP contribution in [0.25, 0.3) is 0 Å². The summed E-state index contributed by atoms with van der Waals surface area (Å²) in [6.07, 6.45) is -3.70. The van der Waals surface area contributed by atoms with Gasteiger partial charge in [-0.05, 0) is 35.4 Å². The fraction of sp³-hybridized carbons (Fsp3) is 0.333. The summed E-state index contributed by atoms with van der Waals surface area (Å²) in [6.45, 7) is 3.24. The maximum absolute atomic E-state index is 13.5. The molecule has 33 heavy (non-hydrogen) atoms. The third kappa shape index (κ3) is 4.25. The van der Waals surface area contributed by atoms with Gasteiger partial charge in [0.05, 0.1) is 24.2 Å². The highest BCUT2D eigenvalue weighted by atomic mass is 19.4. The Hall–Kier alpha value is -3.20. The number of rotatable bonds is 4. The Labute approximate surface area is 188 Å². The molecule has 172 valence electrons. The molecule has 2 aromatic carbocycles. The molecule has 5 rings (SSSR count). The topological polar surface area (TPSA) is 39.2 Å². The monoisotopic (exact) mass is 458 g/mol. The summed E-state index contributed by atoms with van der Waals surface area (Å²) in [6, 6.07) is 11.2. The number of halogens is 4. The quantitative estimate of drug-likeness (QED) is 0.650. The molecule has 3 aliphatic heterocycles. The number of amides is 1. The van der Waals surface area contributed by atoms with Crippen LogP contribution in [0.3, 0.4) is 0 Å². The summed E-state index contributed by atoms with van der Waals surface area (Å²) >= 11 is 0. The number of benzene rings is 2. The maximum atomic E-state index is 13.5. The lowest BCUT2D eigenvalue weighted by molar-refractivity contribution is -0.137. The van der Waals surface area contributed by atoms with Crippen molar-refractivity contribution in [2.45, 2.75) is 25.7 Å². The Balaban J connectivity index is 1.36. The summed E-state index contributed by atoms with van der Waals surface area (Å²) in [7, 11) is 0. The molecule has 9 heteroatoms. The zero-order chi connectivity index (χ0) is 23.2. The van der Waals surface area contributed by atoms with Crippen molar-refractivity contribution in [2.75, 3.05) is 26.2 Å². The summed E-state index contributed by atoms with van der Waals surface area (Å²) in [4.78, 5) is 23.8. The average Bonchev–Trinajstić information content (AvgIpc) is 3.28. The van der Waals surface area contributed by atoms with Crippen LogP contribution in [0, 0.1) is 5.82 Å². The first-order valence-corrected chi connectivity index (χ1v) is 10.8. The molecule has 0 radical (unpaired) electrons. The molecule has 3 heterocycles. The lowest BCUT2D eigenvalue weighted by Gasteiger charge is -2.42. The number of carbonyl (C=O) groups is 1. The SMILES string of the molecule is O=C1C2=C(CCN(Cc3ccc(F)cc3)C2)N2CCN=C2N1Cc1ccc(C(F)(F)F)cc1. The normalized spacial score (nSPS) is 19.0. The molecule has 0 unspecified atom stereocenters. The number of alkyl halides is 3. The zero-order valence-corrected chi connectivity index (χ0v) is 17.8. The highest BCUT2D eigenvalue weighted by Gasteiger charge is 2.41. The van der Waals surface area contributed by atoms with Crippen molar-refractivity contribution in [1.29, 1.82) is 0 Å². The van der Waals surface area contributed by atoms with Crippen molar-refractivity contribution in [3.8, 4) is 0 Å². The van der Waals surface area contributed by atoms with E-state index >= 15 is 0 Å². The van der Waals surface area contributed by atoms with Gasteiger partial charge < -0.3 is 4.90 Å². The highest BCUT2D eigenvalue weighted by Crippen LogP contribution is 2.33. The molecule has 1 amide bonds. The van der Waals surface area contributed by atoms with Crippen LogP contribution >= 0.6 is 0 Å². The van der Waals surface area contributed by atoms with E-state index in [1.807, 2.05) is 0 Å². The molecule has 0 spiro atoms. The van der Waals surface area contributed by atoms with Gasteiger partial charge in [0.25, 0.3) is 5.91 Å². The lowest BCUT2D eigenvalue weighted by Crippen LogP contribution is -2.53. The van der Waals surface area contributed by atoms with Crippen LogP contribution in [-0.2, 0) is 24.1 Å². The molecule has 2 aromatic rings. The van der Waals surface area contributed by atoms with Crippen molar-refractivity contribution in [2.24, 2.45) is 4.99 Å². The summed E-state index contributed by atoms with van der Waals surface area (Å²) in [5.41, 5.74) is 2.53. The van der Waals surface area contributed by atoms with Crippen molar-refractivity contribution < 1.29 is 22.4 Å². The molecule has 0 saturated heterocycles. The molecule has 0 fully saturated rings. The molecule has 3 aliphatic rings. The van der Waals surface area contributed by atoms with Crippen LogP contribution in [-0.4, -0.2) is 52.7 Å². The number of nitrogens with zero attached hydrogens (tertiary/aromatic N) is 4. The number of fused-ring (bicyclic) bond motifs is 2. The second-order valence-corrected chi connectivity index (χ2v) is 8.43. The summed E-state index contributed by atoms with van der Waals surface area (Å²) in [5, 5.41) is 0. The fourth-order valence-electron chi connectivity index (χ4n) is 4.58. The first-order chi connectivity index (χ1) is 15.8. The van der Waals surface area contributed by atoms with E-state index in [0.717, 1.165) is 29.9 Å². The third-order valence-electron chi connectivity index (χ3n) is 6.23. The molecule has 0 bridgehead atoms. The van der Waals surface area contributed by atoms with Gasteiger partial charge in [0.15, 0.2) is 0 Å². The molecule has 5 nitrogen and oxygen atoms in total. The van der Waals surface area contributed by atoms with Gasteiger partial charge in [-0.3, -0.25) is 19.6 Å². The predicted octanol–water partition coefficient (Wildman–Crippen LogP) is 4.02. The van der Waals surface area contributed by atoms with E-state index < -0.39 is 11.7 Å². The maximum Gasteiger partial charge on any atom is 0.416 e. The standard InChI is InChI=1S/C24H22F4N4O/c25-19-7-3-16(4-8-19)13-30-11-9-21-20(15-30)22(33)32(23-29-10-12-31(21)23)14-17-1-5-18(6-2-17)24(26,27)28/h1-8H,9-15H2. The minimum absolute atomic E-state index is 0.154. The third-order valence-corrected chi connectivity index (χ3v) is 6.23. The van der Waals surface area contributed by atoms with Gasteiger partial charge in [0.1, 0.15) is 5.82 Å². The van der Waals surface area contributed by atoms with Gasteiger partial charge in [0.2, 0.25) is 5.96 Å². The van der Waals surface area contributed by atoms with Crippen LogP contribution < -0.4 is 0 Å². The number of aliphatic imine (C=N–C) groups is 1. The number of guanidine groups is 1. The van der Waals surface area contributed by atoms with Gasteiger partial charge >= 0.3 is 6.18 Å². The highest BCUT2D eigenvalue weighted by molar-refractivity contribution is 6.09. The van der Waals surface area contributed by atoms with E-state index in [1.54, 1.807) is 17.0 Å². The van der Waals surface area contributed by atoms with Crippen LogP contribution in [0.4, 0.5) is 17.6 Å². The minimum atomic E-state index is -4.40. The molecule has 0 N–H and O–H groups in total. The Kier molecular flexibility index (Phi) is 5.44. The van der Waals surface area contributed by atoms with Crippen molar-refractivity contribution >= 4 is 11.9 Å². The number of hydrogen-bond donors (Lipinski definition) is 0. The molecule has 0 saturated carbocycles. The smallest absolute Gasteiger partial charge is 0.314 e. The Morgan fingerprint density at radius 3 is 2.27 bits per heavy atom. The summed E-state index contributed by atoms with van der Waals surface area (Å²) < 4.78 is 51.9. The Bertz CT molecular complexity index is 1120. The van der Waals surface area contributed by atoms with Gasteiger partial charge in [0, 0.05) is 38.3 Å². The molecular formula is C24H22F4N4O. The largest absolute Gasteiger partial charge is 0.416 e. The van der Waals surface area contributed by atoms with E-state index in [4.69, 9.17) is 0 Å². The number of hydrogen-bond acceptors (Lipinski definition) is 4. The van der Waals surface area contributed by atoms with Crippen LogP contribution in [0.2, 0.25) is 0 Å². The van der Waals surface area contributed by atoms with E-state index in [9.17, 15) is 22.4 Å².